The standard InChI is InChI=1S/C12H7F3N4O/c13-12(14,15)7-1-2-9-8(3-7)10(19-11(20)18-9)6-4-16-17-5-6/h1-5H,(H,16,17)(H,18,19,20). The number of aromatic amines is 2. The van der Waals surface area contributed by atoms with E-state index in [1.54, 1.807) is 0 Å². The number of aromatic nitrogens is 4. The second-order valence-electron chi connectivity index (χ2n) is 4.14. The predicted molar refractivity (Wildman–Crippen MR) is 64.9 cm³/mol. The molecule has 0 amide bonds. The molecule has 102 valence electrons. The summed E-state index contributed by atoms with van der Waals surface area (Å²) in [5.41, 5.74) is -0.546. The van der Waals surface area contributed by atoms with Gasteiger partial charge in [0.25, 0.3) is 0 Å². The van der Waals surface area contributed by atoms with Crippen molar-refractivity contribution in [1.82, 2.24) is 20.2 Å². The summed E-state index contributed by atoms with van der Waals surface area (Å²) in [6.45, 7) is 0. The molecule has 0 saturated heterocycles. The van der Waals surface area contributed by atoms with E-state index in [0.29, 0.717) is 5.56 Å². The van der Waals surface area contributed by atoms with E-state index in [4.69, 9.17) is 0 Å². The minimum atomic E-state index is -4.46. The van der Waals surface area contributed by atoms with Gasteiger partial charge in [0.05, 0.1) is 23.0 Å². The fraction of sp³-hybridized carbons (Fsp3) is 0.0833. The van der Waals surface area contributed by atoms with Gasteiger partial charge in [-0.25, -0.2) is 4.79 Å². The van der Waals surface area contributed by atoms with Gasteiger partial charge < -0.3 is 4.98 Å². The first-order valence-electron chi connectivity index (χ1n) is 5.55. The molecule has 2 N–H and O–H groups in total. The van der Waals surface area contributed by atoms with E-state index in [9.17, 15) is 18.0 Å². The number of H-pyrrole nitrogens is 2. The molecular weight excluding hydrogens is 273 g/mol. The van der Waals surface area contributed by atoms with Crippen LogP contribution in [0.5, 0.6) is 0 Å². The van der Waals surface area contributed by atoms with Crippen LogP contribution in [0.25, 0.3) is 22.2 Å². The Morgan fingerprint density at radius 1 is 1.20 bits per heavy atom. The first kappa shape index (κ1) is 12.4. The molecule has 2 heterocycles. The van der Waals surface area contributed by atoms with Gasteiger partial charge in [0.15, 0.2) is 0 Å². The highest BCUT2D eigenvalue weighted by Crippen LogP contribution is 2.33. The van der Waals surface area contributed by atoms with E-state index in [1.165, 1.54) is 18.5 Å². The number of hydrogen-bond acceptors (Lipinski definition) is 3. The summed E-state index contributed by atoms with van der Waals surface area (Å²) in [5.74, 6) is 0. The normalized spacial score (nSPS) is 11.9. The zero-order valence-electron chi connectivity index (χ0n) is 9.82. The van der Waals surface area contributed by atoms with Crippen LogP contribution in [-0.4, -0.2) is 20.2 Å². The lowest BCUT2D eigenvalue weighted by atomic mass is 10.1. The number of alkyl halides is 3. The van der Waals surface area contributed by atoms with Gasteiger partial charge in [0.1, 0.15) is 0 Å². The van der Waals surface area contributed by atoms with Gasteiger partial charge in [-0.15, -0.1) is 0 Å². The molecule has 8 heteroatoms. The maximum atomic E-state index is 12.8. The van der Waals surface area contributed by atoms with Crippen molar-refractivity contribution >= 4 is 10.9 Å². The SMILES string of the molecule is O=c1nc(-c2cn[nH]c2)c2cc(C(F)(F)F)ccc2[nH]1. The highest BCUT2D eigenvalue weighted by Gasteiger charge is 2.30. The molecule has 20 heavy (non-hydrogen) atoms. The average molecular weight is 280 g/mol. The summed E-state index contributed by atoms with van der Waals surface area (Å²) in [7, 11) is 0. The van der Waals surface area contributed by atoms with Crippen molar-refractivity contribution in [1.29, 1.82) is 0 Å². The molecule has 0 radical (unpaired) electrons. The molecule has 0 aliphatic rings. The Morgan fingerprint density at radius 3 is 2.65 bits per heavy atom. The summed E-state index contributed by atoms with van der Waals surface area (Å²) < 4.78 is 38.3. The molecule has 0 saturated carbocycles. The third-order valence-corrected chi connectivity index (χ3v) is 2.83. The zero-order valence-corrected chi connectivity index (χ0v) is 9.82. The molecule has 0 unspecified atom stereocenters. The summed E-state index contributed by atoms with van der Waals surface area (Å²) in [6.07, 6.45) is -1.61. The number of benzene rings is 1. The summed E-state index contributed by atoms with van der Waals surface area (Å²) >= 11 is 0. The summed E-state index contributed by atoms with van der Waals surface area (Å²) in [4.78, 5) is 17.6. The topological polar surface area (TPSA) is 74.4 Å². The van der Waals surface area contributed by atoms with Gasteiger partial charge in [-0.3, -0.25) is 5.10 Å². The zero-order chi connectivity index (χ0) is 14.3. The van der Waals surface area contributed by atoms with Gasteiger partial charge in [-0.2, -0.15) is 23.3 Å². The van der Waals surface area contributed by atoms with Crippen molar-refractivity contribution in [3.8, 4) is 11.3 Å². The molecule has 1 aromatic carbocycles. The quantitative estimate of drug-likeness (QED) is 0.718. The molecule has 0 bridgehead atoms. The van der Waals surface area contributed by atoms with Crippen LogP contribution in [0.1, 0.15) is 5.56 Å². The van der Waals surface area contributed by atoms with Crippen LogP contribution in [0, 0.1) is 0 Å². The van der Waals surface area contributed by atoms with Crippen LogP contribution in [0.15, 0.2) is 35.4 Å². The molecule has 5 nitrogen and oxygen atoms in total. The van der Waals surface area contributed by atoms with Crippen LogP contribution >= 0.6 is 0 Å². The van der Waals surface area contributed by atoms with Gasteiger partial charge in [0.2, 0.25) is 0 Å². The first-order chi connectivity index (χ1) is 9.45. The molecule has 0 aliphatic carbocycles. The van der Waals surface area contributed by atoms with Crippen LogP contribution in [0.4, 0.5) is 13.2 Å². The molecule has 0 spiro atoms. The van der Waals surface area contributed by atoms with Crippen LogP contribution in [0.2, 0.25) is 0 Å². The van der Waals surface area contributed by atoms with Crippen molar-refractivity contribution in [2.24, 2.45) is 0 Å². The Kier molecular flexibility index (Phi) is 2.60. The third kappa shape index (κ3) is 2.04. The fourth-order valence-corrected chi connectivity index (χ4v) is 1.93. The second-order valence-corrected chi connectivity index (χ2v) is 4.14. The number of nitrogens with zero attached hydrogens (tertiary/aromatic N) is 2. The van der Waals surface area contributed by atoms with Gasteiger partial charge in [-0.1, -0.05) is 0 Å². The number of nitrogens with one attached hydrogen (secondary N) is 2. The number of hydrogen-bond donors (Lipinski definition) is 2. The van der Waals surface area contributed by atoms with E-state index in [0.717, 1.165) is 12.1 Å². The average Bonchev–Trinajstić information content (AvgIpc) is 2.89. The van der Waals surface area contributed by atoms with Gasteiger partial charge in [0, 0.05) is 17.1 Å². The second kappa shape index (κ2) is 4.19. The molecular formula is C12H7F3N4O. The highest BCUT2D eigenvalue weighted by atomic mass is 19.4. The maximum absolute atomic E-state index is 12.8. The fourth-order valence-electron chi connectivity index (χ4n) is 1.93. The lowest BCUT2D eigenvalue weighted by Crippen LogP contribution is -2.12. The Labute approximate surface area is 109 Å². The largest absolute Gasteiger partial charge is 0.416 e. The molecule has 3 rings (SSSR count). The lowest BCUT2D eigenvalue weighted by Gasteiger charge is -2.09. The van der Waals surface area contributed by atoms with Crippen molar-refractivity contribution in [3.05, 3.63) is 46.6 Å². The van der Waals surface area contributed by atoms with E-state index in [-0.39, 0.29) is 16.6 Å². The Bertz CT molecular complexity index is 821. The number of rotatable bonds is 1. The molecule has 2 aromatic heterocycles. The molecule has 3 aromatic rings. The third-order valence-electron chi connectivity index (χ3n) is 2.83. The van der Waals surface area contributed by atoms with Crippen LogP contribution in [0.3, 0.4) is 0 Å². The molecule has 0 fully saturated rings. The minimum Gasteiger partial charge on any atom is -0.305 e. The Hall–Kier alpha value is -2.64. The van der Waals surface area contributed by atoms with E-state index in [1.807, 2.05) is 0 Å². The van der Waals surface area contributed by atoms with Gasteiger partial charge >= 0.3 is 11.9 Å². The van der Waals surface area contributed by atoms with E-state index >= 15 is 0 Å². The monoisotopic (exact) mass is 280 g/mol. The first-order valence-corrected chi connectivity index (χ1v) is 5.55. The van der Waals surface area contributed by atoms with Crippen molar-refractivity contribution in [2.75, 3.05) is 0 Å². The van der Waals surface area contributed by atoms with Crippen LogP contribution in [-0.2, 0) is 6.18 Å². The molecule has 0 aliphatic heterocycles. The highest BCUT2D eigenvalue weighted by molar-refractivity contribution is 5.92. The smallest absolute Gasteiger partial charge is 0.305 e. The predicted octanol–water partition coefficient (Wildman–Crippen LogP) is 2.33. The number of halogens is 3. The van der Waals surface area contributed by atoms with Crippen molar-refractivity contribution in [2.45, 2.75) is 6.18 Å². The summed E-state index contributed by atoms with van der Waals surface area (Å²) in [6, 6.07) is 3.09. The Morgan fingerprint density at radius 2 is 2.00 bits per heavy atom. The van der Waals surface area contributed by atoms with E-state index < -0.39 is 17.4 Å². The van der Waals surface area contributed by atoms with E-state index in [2.05, 4.69) is 20.2 Å². The minimum absolute atomic E-state index is 0.156. The van der Waals surface area contributed by atoms with Crippen molar-refractivity contribution in [3.63, 3.8) is 0 Å². The summed E-state index contributed by atoms with van der Waals surface area (Å²) in [5, 5.41) is 6.45. The molecule has 0 atom stereocenters. The van der Waals surface area contributed by atoms with Crippen LogP contribution < -0.4 is 5.69 Å². The lowest BCUT2D eigenvalue weighted by molar-refractivity contribution is -0.137. The van der Waals surface area contributed by atoms with Crippen molar-refractivity contribution < 1.29 is 13.2 Å². The number of fused-ring (bicyclic) bond motifs is 1. The van der Waals surface area contributed by atoms with Gasteiger partial charge in [-0.05, 0) is 18.2 Å². The maximum Gasteiger partial charge on any atom is 0.416 e. The Balaban J connectivity index is 2.35.